The number of hydrogen-bond donors (Lipinski definition) is 1. The first-order chi connectivity index (χ1) is 12.3. The van der Waals surface area contributed by atoms with Gasteiger partial charge < -0.3 is 20.1 Å². The third-order valence-electron chi connectivity index (χ3n) is 4.78. The molecule has 2 aliphatic heterocycles. The summed E-state index contributed by atoms with van der Waals surface area (Å²) >= 11 is 0. The third-order valence-corrected chi connectivity index (χ3v) is 4.78. The molecule has 2 aliphatic rings. The molecule has 0 unspecified atom stereocenters. The van der Waals surface area contributed by atoms with Crippen LogP contribution < -0.4 is 10.5 Å². The van der Waals surface area contributed by atoms with Gasteiger partial charge in [0.1, 0.15) is 12.4 Å². The van der Waals surface area contributed by atoms with Gasteiger partial charge in [-0.15, -0.1) is 24.0 Å². The fraction of sp³-hybridized carbons (Fsp3) is 0.632. The van der Waals surface area contributed by atoms with Crippen molar-refractivity contribution in [2.75, 3.05) is 52.5 Å². The van der Waals surface area contributed by atoms with Crippen molar-refractivity contribution in [3.8, 4) is 5.75 Å². The molecule has 6 nitrogen and oxygen atoms in total. The van der Waals surface area contributed by atoms with E-state index in [1.165, 1.54) is 19.3 Å². The van der Waals surface area contributed by atoms with Crippen molar-refractivity contribution in [1.82, 2.24) is 9.80 Å². The number of piperidine rings is 1. The van der Waals surface area contributed by atoms with Crippen LogP contribution >= 0.6 is 24.0 Å². The summed E-state index contributed by atoms with van der Waals surface area (Å²) in [6.07, 6.45) is 3.72. The molecule has 2 heterocycles. The van der Waals surface area contributed by atoms with Gasteiger partial charge in [0, 0.05) is 32.7 Å². The highest BCUT2D eigenvalue weighted by molar-refractivity contribution is 14.0. The highest BCUT2D eigenvalue weighted by Crippen LogP contribution is 2.15. The molecule has 0 amide bonds. The maximum absolute atomic E-state index is 6.13. The van der Waals surface area contributed by atoms with E-state index in [1.807, 2.05) is 12.1 Å². The van der Waals surface area contributed by atoms with Gasteiger partial charge in [0.15, 0.2) is 5.96 Å². The number of nitrogens with zero attached hydrogens (tertiary/aromatic N) is 3. The van der Waals surface area contributed by atoms with E-state index in [0.717, 1.165) is 57.3 Å². The summed E-state index contributed by atoms with van der Waals surface area (Å²) in [7, 11) is 0. The van der Waals surface area contributed by atoms with Crippen LogP contribution in [0.1, 0.15) is 24.8 Å². The minimum absolute atomic E-state index is 0. The Hall–Kier alpha value is -1.06. The lowest BCUT2D eigenvalue weighted by molar-refractivity contribution is 0.0322. The van der Waals surface area contributed by atoms with Gasteiger partial charge in [-0.1, -0.05) is 12.1 Å². The van der Waals surface area contributed by atoms with Crippen molar-refractivity contribution in [3.63, 3.8) is 0 Å². The number of ether oxygens (including phenoxy) is 2. The lowest BCUT2D eigenvalue weighted by Gasteiger charge is -2.27. The van der Waals surface area contributed by atoms with Crippen LogP contribution in [0.5, 0.6) is 5.75 Å². The van der Waals surface area contributed by atoms with Gasteiger partial charge in [-0.25, -0.2) is 4.99 Å². The maximum atomic E-state index is 6.13. The van der Waals surface area contributed by atoms with E-state index in [4.69, 9.17) is 15.2 Å². The molecule has 3 rings (SSSR count). The van der Waals surface area contributed by atoms with Crippen molar-refractivity contribution < 1.29 is 9.47 Å². The quantitative estimate of drug-likeness (QED) is 0.390. The largest absolute Gasteiger partial charge is 0.492 e. The third kappa shape index (κ3) is 6.92. The monoisotopic (exact) mass is 474 g/mol. The first-order valence-corrected chi connectivity index (χ1v) is 9.38. The maximum Gasteiger partial charge on any atom is 0.191 e. The highest BCUT2D eigenvalue weighted by atomic mass is 127. The van der Waals surface area contributed by atoms with Gasteiger partial charge in [-0.05, 0) is 37.0 Å². The Morgan fingerprint density at radius 1 is 1.12 bits per heavy atom. The molecule has 0 aliphatic carbocycles. The summed E-state index contributed by atoms with van der Waals surface area (Å²) in [5.74, 6) is 1.57. The second-order valence-corrected chi connectivity index (χ2v) is 6.67. The summed E-state index contributed by atoms with van der Waals surface area (Å²) in [5.41, 5.74) is 7.25. The summed E-state index contributed by atoms with van der Waals surface area (Å²) in [5, 5.41) is 0. The summed E-state index contributed by atoms with van der Waals surface area (Å²) in [4.78, 5) is 9.11. The molecule has 0 atom stereocenters. The van der Waals surface area contributed by atoms with E-state index in [0.29, 0.717) is 19.1 Å². The van der Waals surface area contributed by atoms with Crippen LogP contribution in [0.4, 0.5) is 0 Å². The number of likely N-dealkylation sites (tertiary alicyclic amines) is 1. The normalized spacial score (nSPS) is 19.1. The lowest BCUT2D eigenvalue weighted by Crippen LogP contribution is -2.40. The molecular weight excluding hydrogens is 443 g/mol. The minimum atomic E-state index is 0. The Kier molecular flexibility index (Phi) is 9.49. The minimum Gasteiger partial charge on any atom is -0.492 e. The Labute approximate surface area is 173 Å². The summed E-state index contributed by atoms with van der Waals surface area (Å²) in [6.45, 7) is 7.93. The molecule has 0 radical (unpaired) electrons. The van der Waals surface area contributed by atoms with Crippen LogP contribution in [0.2, 0.25) is 0 Å². The molecule has 146 valence electrons. The number of benzene rings is 1. The second kappa shape index (κ2) is 11.6. The Bertz CT molecular complexity index is 558. The zero-order valence-electron chi connectivity index (χ0n) is 15.4. The van der Waals surface area contributed by atoms with Crippen LogP contribution in [0, 0.1) is 0 Å². The van der Waals surface area contributed by atoms with Gasteiger partial charge in [0.2, 0.25) is 0 Å². The van der Waals surface area contributed by atoms with Crippen LogP contribution in [0.15, 0.2) is 29.3 Å². The van der Waals surface area contributed by atoms with Crippen molar-refractivity contribution in [2.24, 2.45) is 10.7 Å². The molecule has 0 bridgehead atoms. The molecule has 2 fully saturated rings. The molecule has 2 N–H and O–H groups in total. The van der Waals surface area contributed by atoms with E-state index in [1.54, 1.807) is 0 Å². The molecule has 2 saturated heterocycles. The van der Waals surface area contributed by atoms with E-state index < -0.39 is 0 Å². The van der Waals surface area contributed by atoms with E-state index >= 15 is 0 Å². The standard InChI is InChI=1S/C19H30N4O2.HI/c20-19(23-7-2-1-3-8-23)21-16-17-5-4-6-18(15-17)25-14-11-22-9-12-24-13-10-22;/h4-6,15H,1-3,7-14,16H2,(H2,20,21);1H. The van der Waals surface area contributed by atoms with E-state index in [9.17, 15) is 0 Å². The fourth-order valence-electron chi connectivity index (χ4n) is 3.25. The van der Waals surface area contributed by atoms with Gasteiger partial charge >= 0.3 is 0 Å². The first-order valence-electron chi connectivity index (χ1n) is 9.38. The molecular formula is C19H31IN4O2. The average Bonchev–Trinajstić information content (AvgIpc) is 2.68. The van der Waals surface area contributed by atoms with Crippen LogP contribution in [-0.2, 0) is 11.3 Å². The molecule has 1 aromatic carbocycles. The fourth-order valence-corrected chi connectivity index (χ4v) is 3.25. The topological polar surface area (TPSA) is 63.3 Å². The number of nitrogens with two attached hydrogens (primary N) is 1. The number of halogens is 1. The average molecular weight is 474 g/mol. The van der Waals surface area contributed by atoms with Gasteiger partial charge in [-0.2, -0.15) is 0 Å². The van der Waals surface area contributed by atoms with Gasteiger partial charge in [0.05, 0.1) is 19.8 Å². The molecule has 0 saturated carbocycles. The Morgan fingerprint density at radius 3 is 2.65 bits per heavy atom. The molecule has 26 heavy (non-hydrogen) atoms. The number of morpholine rings is 1. The Balaban J connectivity index is 0.00000243. The predicted molar refractivity (Wildman–Crippen MR) is 115 cm³/mol. The number of rotatable bonds is 6. The molecule has 0 spiro atoms. The zero-order chi connectivity index (χ0) is 17.3. The predicted octanol–water partition coefficient (Wildman–Crippen LogP) is 2.32. The van der Waals surface area contributed by atoms with Crippen molar-refractivity contribution in [1.29, 1.82) is 0 Å². The van der Waals surface area contributed by atoms with Crippen LogP contribution in [0.25, 0.3) is 0 Å². The summed E-state index contributed by atoms with van der Waals surface area (Å²) < 4.78 is 11.3. The molecule has 1 aromatic rings. The molecule has 0 aromatic heterocycles. The van der Waals surface area contributed by atoms with E-state index in [2.05, 4.69) is 26.9 Å². The smallest absolute Gasteiger partial charge is 0.191 e. The number of hydrogen-bond acceptors (Lipinski definition) is 4. The van der Waals surface area contributed by atoms with Gasteiger partial charge in [0.25, 0.3) is 0 Å². The first kappa shape index (κ1) is 21.2. The molecule has 7 heteroatoms. The summed E-state index contributed by atoms with van der Waals surface area (Å²) in [6, 6.07) is 8.15. The van der Waals surface area contributed by atoms with Gasteiger partial charge in [-0.3, -0.25) is 4.90 Å². The van der Waals surface area contributed by atoms with Crippen LogP contribution in [0.3, 0.4) is 0 Å². The number of guanidine groups is 1. The van der Waals surface area contributed by atoms with Crippen molar-refractivity contribution in [3.05, 3.63) is 29.8 Å². The van der Waals surface area contributed by atoms with E-state index in [-0.39, 0.29) is 24.0 Å². The second-order valence-electron chi connectivity index (χ2n) is 6.67. The SMILES string of the molecule is I.NC(=NCc1cccc(OCCN2CCOCC2)c1)N1CCCCC1. The zero-order valence-corrected chi connectivity index (χ0v) is 17.8. The number of aliphatic imine (C=N–C) groups is 1. The Morgan fingerprint density at radius 2 is 1.88 bits per heavy atom. The van der Waals surface area contributed by atoms with Crippen molar-refractivity contribution in [2.45, 2.75) is 25.8 Å². The highest BCUT2D eigenvalue weighted by Gasteiger charge is 2.12. The lowest BCUT2D eigenvalue weighted by atomic mass is 10.1. The van der Waals surface area contributed by atoms with Crippen LogP contribution in [-0.4, -0.2) is 68.3 Å². The van der Waals surface area contributed by atoms with Crippen molar-refractivity contribution >= 4 is 29.9 Å².